The van der Waals surface area contributed by atoms with E-state index >= 15 is 0 Å². The third kappa shape index (κ3) is 2.63. The maximum Gasteiger partial charge on any atom is 0.339 e. The van der Waals surface area contributed by atoms with E-state index in [1.807, 2.05) is 6.08 Å². The highest BCUT2D eigenvalue weighted by Gasteiger charge is 2.13. The Hall–Kier alpha value is -1.68. The number of rotatable bonds is 2. The molecule has 1 N–H and O–H groups in total. The molecule has 0 radical (unpaired) electrons. The van der Waals surface area contributed by atoms with E-state index in [1.54, 1.807) is 18.3 Å². The normalized spacial score (nSPS) is 15.6. The van der Waals surface area contributed by atoms with E-state index in [1.165, 1.54) is 6.20 Å². The number of esters is 1. The van der Waals surface area contributed by atoms with Gasteiger partial charge >= 0.3 is 5.97 Å². The molecule has 0 saturated heterocycles. The SMILES string of the molecule is O=C(Oc1cccnc1)C1=CCNCC1. The second kappa shape index (κ2) is 4.70. The lowest BCUT2D eigenvalue weighted by atomic mass is 10.1. The minimum absolute atomic E-state index is 0.274. The summed E-state index contributed by atoms with van der Waals surface area (Å²) in [6.07, 6.45) is 5.75. The fourth-order valence-electron chi connectivity index (χ4n) is 1.39. The van der Waals surface area contributed by atoms with Gasteiger partial charge < -0.3 is 10.1 Å². The largest absolute Gasteiger partial charge is 0.422 e. The highest BCUT2D eigenvalue weighted by Crippen LogP contribution is 2.12. The number of hydrogen-bond acceptors (Lipinski definition) is 4. The van der Waals surface area contributed by atoms with Crippen molar-refractivity contribution in [2.75, 3.05) is 13.1 Å². The van der Waals surface area contributed by atoms with E-state index < -0.39 is 0 Å². The van der Waals surface area contributed by atoms with Crippen LogP contribution >= 0.6 is 0 Å². The highest BCUT2D eigenvalue weighted by molar-refractivity contribution is 5.90. The molecule has 1 aromatic rings. The van der Waals surface area contributed by atoms with Crippen LogP contribution in [0.15, 0.2) is 36.2 Å². The van der Waals surface area contributed by atoms with Crippen LogP contribution in [0.3, 0.4) is 0 Å². The Morgan fingerprint density at radius 2 is 2.47 bits per heavy atom. The van der Waals surface area contributed by atoms with Gasteiger partial charge in [0, 0.05) is 18.3 Å². The molecule has 0 saturated carbocycles. The van der Waals surface area contributed by atoms with Crippen LogP contribution in [0.1, 0.15) is 6.42 Å². The summed E-state index contributed by atoms with van der Waals surface area (Å²) in [5.74, 6) is 0.214. The number of carbonyl (C=O) groups excluding carboxylic acids is 1. The lowest BCUT2D eigenvalue weighted by molar-refractivity contribution is -0.130. The van der Waals surface area contributed by atoms with Gasteiger partial charge in [-0.25, -0.2) is 4.79 Å². The van der Waals surface area contributed by atoms with Crippen molar-refractivity contribution < 1.29 is 9.53 Å². The standard InChI is InChI=1S/C11H12N2O2/c14-11(9-3-6-12-7-4-9)15-10-2-1-5-13-8-10/h1-3,5,8,12H,4,6-7H2. The Kier molecular flexibility index (Phi) is 3.09. The minimum atomic E-state index is -0.274. The second-order valence-corrected chi connectivity index (χ2v) is 3.26. The van der Waals surface area contributed by atoms with E-state index in [4.69, 9.17) is 4.74 Å². The van der Waals surface area contributed by atoms with Crippen molar-refractivity contribution in [3.8, 4) is 5.75 Å². The van der Waals surface area contributed by atoms with E-state index in [9.17, 15) is 4.79 Å². The molecule has 0 fully saturated rings. The van der Waals surface area contributed by atoms with Crippen LogP contribution in [0.5, 0.6) is 5.75 Å². The first kappa shape index (κ1) is 9.86. The summed E-state index contributed by atoms with van der Waals surface area (Å²) in [4.78, 5) is 15.5. The van der Waals surface area contributed by atoms with Crippen molar-refractivity contribution in [1.82, 2.24) is 10.3 Å². The molecule has 2 heterocycles. The van der Waals surface area contributed by atoms with E-state index in [2.05, 4.69) is 10.3 Å². The van der Waals surface area contributed by atoms with Gasteiger partial charge in [0.25, 0.3) is 0 Å². The first-order valence-electron chi connectivity index (χ1n) is 4.88. The molecule has 0 bridgehead atoms. The summed E-state index contributed by atoms with van der Waals surface area (Å²) in [6, 6.07) is 3.45. The molecule has 1 aromatic heterocycles. The maximum absolute atomic E-state index is 11.6. The Morgan fingerprint density at radius 1 is 1.53 bits per heavy atom. The van der Waals surface area contributed by atoms with Crippen molar-refractivity contribution in [3.63, 3.8) is 0 Å². The molecule has 2 rings (SSSR count). The summed E-state index contributed by atoms with van der Waals surface area (Å²) >= 11 is 0. The number of pyridine rings is 1. The molecule has 15 heavy (non-hydrogen) atoms. The van der Waals surface area contributed by atoms with Crippen LogP contribution in [0.25, 0.3) is 0 Å². The Labute approximate surface area is 88.0 Å². The molecule has 1 aliphatic heterocycles. The molecule has 4 heteroatoms. The predicted molar refractivity (Wildman–Crippen MR) is 55.4 cm³/mol. The summed E-state index contributed by atoms with van der Waals surface area (Å²) in [5.41, 5.74) is 0.734. The third-order valence-corrected chi connectivity index (χ3v) is 2.17. The van der Waals surface area contributed by atoms with Crippen LogP contribution < -0.4 is 10.1 Å². The van der Waals surface area contributed by atoms with Crippen molar-refractivity contribution in [2.45, 2.75) is 6.42 Å². The highest BCUT2D eigenvalue weighted by atomic mass is 16.5. The van der Waals surface area contributed by atoms with Gasteiger partial charge in [-0.2, -0.15) is 0 Å². The van der Waals surface area contributed by atoms with Gasteiger partial charge in [0.15, 0.2) is 0 Å². The van der Waals surface area contributed by atoms with Crippen LogP contribution in [0.2, 0.25) is 0 Å². The first-order chi connectivity index (χ1) is 7.36. The molecular formula is C11H12N2O2. The predicted octanol–water partition coefficient (Wildman–Crippen LogP) is 0.907. The maximum atomic E-state index is 11.6. The van der Waals surface area contributed by atoms with Gasteiger partial charge in [-0.1, -0.05) is 6.08 Å². The van der Waals surface area contributed by atoms with Crippen LogP contribution in [-0.2, 0) is 4.79 Å². The van der Waals surface area contributed by atoms with Gasteiger partial charge in [0.1, 0.15) is 5.75 Å². The van der Waals surface area contributed by atoms with Gasteiger partial charge in [0.05, 0.1) is 6.20 Å². The fourth-order valence-corrected chi connectivity index (χ4v) is 1.39. The van der Waals surface area contributed by atoms with Crippen LogP contribution in [0.4, 0.5) is 0 Å². The quantitative estimate of drug-likeness (QED) is 0.727. The van der Waals surface area contributed by atoms with Crippen molar-refractivity contribution in [2.24, 2.45) is 0 Å². The molecule has 4 nitrogen and oxygen atoms in total. The number of carbonyl (C=O) groups is 1. The second-order valence-electron chi connectivity index (χ2n) is 3.26. The Bertz CT molecular complexity index is 373. The summed E-state index contributed by atoms with van der Waals surface area (Å²) < 4.78 is 5.16. The lowest BCUT2D eigenvalue weighted by Crippen LogP contribution is -2.25. The molecule has 0 aromatic carbocycles. The average Bonchev–Trinajstić information content (AvgIpc) is 2.31. The van der Waals surface area contributed by atoms with Crippen molar-refractivity contribution in [3.05, 3.63) is 36.2 Å². The third-order valence-electron chi connectivity index (χ3n) is 2.17. The minimum Gasteiger partial charge on any atom is -0.422 e. The monoisotopic (exact) mass is 204 g/mol. The first-order valence-corrected chi connectivity index (χ1v) is 4.88. The molecule has 0 atom stereocenters. The fraction of sp³-hybridized carbons (Fsp3) is 0.273. The summed E-state index contributed by atoms with van der Waals surface area (Å²) in [7, 11) is 0. The van der Waals surface area contributed by atoms with Crippen molar-refractivity contribution >= 4 is 5.97 Å². The Morgan fingerprint density at radius 3 is 3.13 bits per heavy atom. The molecule has 0 amide bonds. The van der Waals surface area contributed by atoms with E-state index in [0.717, 1.165) is 25.1 Å². The van der Waals surface area contributed by atoms with E-state index in [0.29, 0.717) is 5.75 Å². The zero-order valence-electron chi connectivity index (χ0n) is 8.27. The van der Waals surface area contributed by atoms with Gasteiger partial charge in [0.2, 0.25) is 0 Å². The smallest absolute Gasteiger partial charge is 0.339 e. The van der Waals surface area contributed by atoms with Gasteiger partial charge in [-0.05, 0) is 25.1 Å². The summed E-state index contributed by atoms with van der Waals surface area (Å²) in [6.45, 7) is 1.56. The molecule has 1 aliphatic rings. The van der Waals surface area contributed by atoms with Crippen LogP contribution in [0, 0.1) is 0 Å². The Balaban J connectivity index is 2.00. The number of hydrogen-bond donors (Lipinski definition) is 1. The molecule has 0 aliphatic carbocycles. The summed E-state index contributed by atoms with van der Waals surface area (Å²) in [5, 5.41) is 3.14. The zero-order chi connectivity index (χ0) is 10.5. The van der Waals surface area contributed by atoms with Crippen LogP contribution in [-0.4, -0.2) is 24.0 Å². The lowest BCUT2D eigenvalue weighted by Gasteiger charge is -2.12. The molecule has 0 unspecified atom stereocenters. The van der Waals surface area contributed by atoms with Crippen molar-refractivity contribution in [1.29, 1.82) is 0 Å². The molecular weight excluding hydrogens is 192 g/mol. The molecule has 0 spiro atoms. The van der Waals surface area contributed by atoms with E-state index in [-0.39, 0.29) is 5.97 Å². The number of nitrogens with one attached hydrogen (secondary N) is 1. The number of aromatic nitrogens is 1. The number of ether oxygens (including phenoxy) is 1. The van der Waals surface area contributed by atoms with Gasteiger partial charge in [-0.3, -0.25) is 4.98 Å². The average molecular weight is 204 g/mol. The molecule has 78 valence electrons. The zero-order valence-corrected chi connectivity index (χ0v) is 8.27. The topological polar surface area (TPSA) is 51.2 Å². The van der Waals surface area contributed by atoms with Gasteiger partial charge in [-0.15, -0.1) is 0 Å². The number of nitrogens with zero attached hydrogens (tertiary/aromatic N) is 1.